The maximum atomic E-state index is 12.4. The minimum Gasteiger partial charge on any atom is -0.350 e. The number of carbonyl (C=O) groups is 1. The number of benzene rings is 1. The van der Waals surface area contributed by atoms with Gasteiger partial charge in [0.05, 0.1) is 6.20 Å². The number of nitrogens with one attached hydrogen (secondary N) is 2. The molecular formula is C19H29Cl2N5O. The van der Waals surface area contributed by atoms with Gasteiger partial charge in [0.15, 0.2) is 0 Å². The molecule has 1 aromatic carbocycles. The number of amides is 1. The lowest BCUT2D eigenvalue weighted by Crippen LogP contribution is -2.35. The second kappa shape index (κ2) is 11.3. The third kappa shape index (κ3) is 6.50. The molecule has 1 aliphatic heterocycles. The number of likely N-dealkylation sites (tertiary alicyclic amines) is 1. The summed E-state index contributed by atoms with van der Waals surface area (Å²) in [5.74, 6) is -0.0448. The SMILES string of the molecule is CNC(C(=O)NCc1ccc(CN2CCCC2)cc1)c1cnn(C)c1.Cl.Cl. The second-order valence-electron chi connectivity index (χ2n) is 6.69. The first-order chi connectivity index (χ1) is 12.2. The average molecular weight is 414 g/mol. The number of nitrogens with zero attached hydrogens (tertiary/aromatic N) is 3. The molecule has 1 aliphatic rings. The Balaban J connectivity index is 0.00000182. The summed E-state index contributed by atoms with van der Waals surface area (Å²) in [7, 11) is 3.63. The van der Waals surface area contributed by atoms with Crippen LogP contribution in [-0.4, -0.2) is 40.7 Å². The normalized spacial score (nSPS) is 14.9. The van der Waals surface area contributed by atoms with Crippen LogP contribution in [0.2, 0.25) is 0 Å². The van der Waals surface area contributed by atoms with Gasteiger partial charge in [-0.3, -0.25) is 14.4 Å². The Bertz CT molecular complexity index is 698. The number of aromatic nitrogens is 2. The van der Waals surface area contributed by atoms with Crippen LogP contribution in [0, 0.1) is 0 Å². The number of carbonyl (C=O) groups excluding carboxylic acids is 1. The average Bonchev–Trinajstić information content (AvgIpc) is 3.27. The summed E-state index contributed by atoms with van der Waals surface area (Å²) in [5.41, 5.74) is 3.31. The van der Waals surface area contributed by atoms with Crippen molar-refractivity contribution in [3.63, 3.8) is 0 Å². The van der Waals surface area contributed by atoms with Crippen molar-refractivity contribution >= 4 is 30.7 Å². The molecule has 1 atom stereocenters. The van der Waals surface area contributed by atoms with E-state index in [0.29, 0.717) is 6.54 Å². The predicted octanol–water partition coefficient (Wildman–Crippen LogP) is 2.44. The van der Waals surface area contributed by atoms with Crippen molar-refractivity contribution in [3.8, 4) is 0 Å². The highest BCUT2D eigenvalue weighted by atomic mass is 35.5. The summed E-state index contributed by atoms with van der Waals surface area (Å²) in [4.78, 5) is 14.9. The first-order valence-corrected chi connectivity index (χ1v) is 8.89. The number of halogens is 2. The van der Waals surface area contributed by atoms with E-state index in [1.54, 1.807) is 17.9 Å². The van der Waals surface area contributed by atoms with E-state index in [1.165, 1.54) is 31.5 Å². The van der Waals surface area contributed by atoms with E-state index >= 15 is 0 Å². The minimum absolute atomic E-state index is 0. The lowest BCUT2D eigenvalue weighted by Gasteiger charge is -2.16. The van der Waals surface area contributed by atoms with Crippen LogP contribution >= 0.6 is 24.8 Å². The minimum atomic E-state index is -0.386. The number of hydrogen-bond donors (Lipinski definition) is 2. The van der Waals surface area contributed by atoms with Gasteiger partial charge in [0.2, 0.25) is 5.91 Å². The van der Waals surface area contributed by atoms with Crippen molar-refractivity contribution in [2.75, 3.05) is 20.1 Å². The van der Waals surface area contributed by atoms with Crippen LogP contribution in [-0.2, 0) is 24.9 Å². The third-order valence-electron chi connectivity index (χ3n) is 4.70. The monoisotopic (exact) mass is 413 g/mol. The quantitative estimate of drug-likeness (QED) is 0.731. The molecular weight excluding hydrogens is 385 g/mol. The fraction of sp³-hybridized carbons (Fsp3) is 0.474. The number of likely N-dealkylation sites (N-methyl/N-ethyl adjacent to an activating group) is 1. The molecule has 1 unspecified atom stereocenters. The largest absolute Gasteiger partial charge is 0.350 e. The summed E-state index contributed by atoms with van der Waals surface area (Å²) >= 11 is 0. The highest BCUT2D eigenvalue weighted by Crippen LogP contribution is 2.14. The van der Waals surface area contributed by atoms with E-state index in [2.05, 4.69) is 44.9 Å². The fourth-order valence-electron chi connectivity index (χ4n) is 3.29. The molecule has 6 nitrogen and oxygen atoms in total. The lowest BCUT2D eigenvalue weighted by molar-refractivity contribution is -0.123. The summed E-state index contributed by atoms with van der Waals surface area (Å²) in [6.45, 7) is 3.96. The molecule has 3 rings (SSSR count). The summed E-state index contributed by atoms with van der Waals surface area (Å²) in [6, 6.07) is 8.14. The van der Waals surface area contributed by atoms with E-state index in [1.807, 2.05) is 13.2 Å². The Morgan fingerprint density at radius 1 is 1.15 bits per heavy atom. The molecule has 0 bridgehead atoms. The van der Waals surface area contributed by atoms with E-state index in [9.17, 15) is 4.79 Å². The van der Waals surface area contributed by atoms with Crippen LogP contribution in [0.3, 0.4) is 0 Å². The first kappa shape index (κ1) is 23.4. The van der Waals surface area contributed by atoms with Crippen LogP contribution < -0.4 is 10.6 Å². The molecule has 1 aromatic heterocycles. The van der Waals surface area contributed by atoms with Gasteiger partial charge in [-0.15, -0.1) is 24.8 Å². The van der Waals surface area contributed by atoms with E-state index in [0.717, 1.165) is 17.7 Å². The Labute approximate surface area is 173 Å². The van der Waals surface area contributed by atoms with Crippen LogP contribution in [0.25, 0.3) is 0 Å². The molecule has 0 saturated carbocycles. The number of aryl methyl sites for hydroxylation is 1. The van der Waals surface area contributed by atoms with E-state index in [-0.39, 0.29) is 36.8 Å². The fourth-order valence-corrected chi connectivity index (χ4v) is 3.29. The third-order valence-corrected chi connectivity index (χ3v) is 4.70. The van der Waals surface area contributed by atoms with Gasteiger partial charge in [-0.2, -0.15) is 5.10 Å². The lowest BCUT2D eigenvalue weighted by atomic mass is 10.1. The number of rotatable bonds is 7. The van der Waals surface area contributed by atoms with Crippen molar-refractivity contribution in [2.24, 2.45) is 7.05 Å². The zero-order chi connectivity index (χ0) is 17.6. The zero-order valence-corrected chi connectivity index (χ0v) is 17.5. The zero-order valence-electron chi connectivity index (χ0n) is 15.9. The van der Waals surface area contributed by atoms with Crippen molar-refractivity contribution in [1.82, 2.24) is 25.3 Å². The van der Waals surface area contributed by atoms with Gasteiger partial charge >= 0.3 is 0 Å². The van der Waals surface area contributed by atoms with Gasteiger partial charge in [-0.25, -0.2) is 0 Å². The smallest absolute Gasteiger partial charge is 0.242 e. The molecule has 0 radical (unpaired) electrons. The van der Waals surface area contributed by atoms with Gasteiger partial charge in [-0.05, 0) is 44.1 Å². The molecule has 0 aliphatic carbocycles. The predicted molar refractivity (Wildman–Crippen MR) is 112 cm³/mol. The van der Waals surface area contributed by atoms with E-state index < -0.39 is 0 Å². The Kier molecular flexibility index (Phi) is 9.80. The van der Waals surface area contributed by atoms with Crippen molar-refractivity contribution in [2.45, 2.75) is 32.0 Å². The Morgan fingerprint density at radius 2 is 1.78 bits per heavy atom. The molecule has 150 valence electrons. The van der Waals surface area contributed by atoms with Crippen molar-refractivity contribution in [1.29, 1.82) is 0 Å². The molecule has 1 fully saturated rings. The number of hydrogen-bond acceptors (Lipinski definition) is 4. The molecule has 2 N–H and O–H groups in total. The maximum Gasteiger partial charge on any atom is 0.242 e. The summed E-state index contributed by atoms with van der Waals surface area (Å²) in [5, 5.41) is 10.2. The van der Waals surface area contributed by atoms with Crippen molar-refractivity contribution < 1.29 is 4.79 Å². The van der Waals surface area contributed by atoms with Crippen LogP contribution in [0.1, 0.15) is 35.6 Å². The van der Waals surface area contributed by atoms with Gasteiger partial charge in [-0.1, -0.05) is 24.3 Å². The topological polar surface area (TPSA) is 62.2 Å². The molecule has 1 amide bonds. The van der Waals surface area contributed by atoms with Crippen molar-refractivity contribution in [3.05, 3.63) is 53.3 Å². The molecule has 0 spiro atoms. The Morgan fingerprint density at radius 3 is 2.33 bits per heavy atom. The molecule has 27 heavy (non-hydrogen) atoms. The molecule has 2 aromatic rings. The van der Waals surface area contributed by atoms with Crippen LogP contribution in [0.4, 0.5) is 0 Å². The Hall–Kier alpha value is -1.60. The van der Waals surface area contributed by atoms with Gasteiger partial charge in [0, 0.05) is 31.9 Å². The van der Waals surface area contributed by atoms with E-state index in [4.69, 9.17) is 0 Å². The van der Waals surface area contributed by atoms with Gasteiger partial charge in [0.1, 0.15) is 6.04 Å². The van der Waals surface area contributed by atoms with Gasteiger partial charge in [0.25, 0.3) is 0 Å². The second-order valence-corrected chi connectivity index (χ2v) is 6.69. The summed E-state index contributed by atoms with van der Waals surface area (Å²) in [6.07, 6.45) is 6.20. The highest BCUT2D eigenvalue weighted by Gasteiger charge is 2.19. The first-order valence-electron chi connectivity index (χ1n) is 8.89. The standard InChI is InChI=1S/C19H27N5O.2ClH/c1-20-18(17-12-22-23(2)14-17)19(25)21-11-15-5-7-16(8-6-15)13-24-9-3-4-10-24;;/h5-8,12,14,18,20H,3-4,9-11,13H2,1-2H3,(H,21,25);2*1H. The molecule has 2 heterocycles. The maximum absolute atomic E-state index is 12.4. The highest BCUT2D eigenvalue weighted by molar-refractivity contribution is 5.85. The van der Waals surface area contributed by atoms with Crippen LogP contribution in [0.15, 0.2) is 36.7 Å². The molecule has 1 saturated heterocycles. The van der Waals surface area contributed by atoms with Crippen LogP contribution in [0.5, 0.6) is 0 Å². The molecule has 8 heteroatoms. The summed E-state index contributed by atoms with van der Waals surface area (Å²) < 4.78 is 1.70. The van der Waals surface area contributed by atoms with Gasteiger partial charge < -0.3 is 10.6 Å².